The summed E-state index contributed by atoms with van der Waals surface area (Å²) in [6.45, 7) is 6.42. The van der Waals surface area contributed by atoms with Crippen molar-refractivity contribution in [3.05, 3.63) is 80.7 Å². The van der Waals surface area contributed by atoms with Gasteiger partial charge in [-0.05, 0) is 51.5 Å². The Morgan fingerprint density at radius 1 is 1.07 bits per heavy atom. The van der Waals surface area contributed by atoms with Gasteiger partial charge < -0.3 is 23.9 Å². The zero-order chi connectivity index (χ0) is 29.8. The lowest BCUT2D eigenvalue weighted by atomic mass is 10.1. The molecule has 2 saturated heterocycles. The molecule has 1 amide bonds. The molecule has 0 saturated carbocycles. The molecular formula is C29H28F2N6O5. The predicted octanol–water partition coefficient (Wildman–Crippen LogP) is 4.20. The summed E-state index contributed by atoms with van der Waals surface area (Å²) in [5, 5.41) is 6.99. The van der Waals surface area contributed by atoms with Gasteiger partial charge in [-0.15, -0.1) is 10.2 Å². The van der Waals surface area contributed by atoms with Crippen LogP contribution in [-0.2, 0) is 11.3 Å². The molecule has 218 valence electrons. The summed E-state index contributed by atoms with van der Waals surface area (Å²) in [6, 6.07) is 12.2. The number of hydrogen-bond acceptors (Lipinski definition) is 10. The number of carbonyl (C=O) groups is 1. The highest BCUT2D eigenvalue weighted by Gasteiger charge is 2.49. The number of nitrogens with zero attached hydrogens (tertiary/aromatic N) is 6. The van der Waals surface area contributed by atoms with Crippen LogP contribution in [0.5, 0.6) is 0 Å². The average Bonchev–Trinajstić information content (AvgIpc) is 3.71. The van der Waals surface area contributed by atoms with E-state index < -0.39 is 28.8 Å². The molecule has 0 unspecified atom stereocenters. The Bertz CT molecular complexity index is 1680. The standard InChI is InChI=1S/C29H28F2N6O5/c1-29(2,3)42-28(40)37-15-19-11-20(37)14-36(19)22-21(23(38)24(22)39)35(18-7-5-4-6-8-18)13-17-10-9-16(12-32-17)26-33-34-27(41-26)25(30)31/h4-10,12,19-20,25H,11,13-15H2,1-3H3/t19-,20-/m0/s1. The number of para-hydroxylation sites is 1. The van der Waals surface area contributed by atoms with Crippen LogP contribution in [0.4, 0.5) is 30.6 Å². The van der Waals surface area contributed by atoms with Crippen molar-refractivity contribution in [2.75, 3.05) is 22.9 Å². The van der Waals surface area contributed by atoms with E-state index in [4.69, 9.17) is 9.15 Å². The van der Waals surface area contributed by atoms with E-state index >= 15 is 0 Å². The molecule has 2 fully saturated rings. The topological polar surface area (TPSA) is 122 Å². The SMILES string of the molecule is CC(C)(C)OC(=O)N1C[C@@H]2C[C@H]1CN2c1c(N(Cc2ccc(-c3nnc(C(F)F)o3)cn2)c2ccccc2)c(=O)c1=O. The fraction of sp³-hybridized carbons (Fsp3) is 0.379. The van der Waals surface area contributed by atoms with Crippen LogP contribution in [-0.4, -0.2) is 56.9 Å². The number of ether oxygens (including phenoxy) is 1. The lowest BCUT2D eigenvalue weighted by molar-refractivity contribution is 0.0214. The molecule has 2 bridgehead atoms. The molecule has 0 radical (unpaired) electrons. The van der Waals surface area contributed by atoms with Crippen LogP contribution in [0.3, 0.4) is 0 Å². The quantitative estimate of drug-likeness (QED) is 0.295. The summed E-state index contributed by atoms with van der Waals surface area (Å²) in [6.07, 6.45) is -1.16. The van der Waals surface area contributed by atoms with Crippen LogP contribution in [0.25, 0.3) is 11.5 Å². The van der Waals surface area contributed by atoms with Crippen LogP contribution in [0.15, 0.2) is 62.7 Å². The van der Waals surface area contributed by atoms with Gasteiger partial charge in [-0.3, -0.25) is 14.6 Å². The van der Waals surface area contributed by atoms with E-state index in [-0.39, 0.29) is 36.3 Å². The maximum atomic E-state index is 13.1. The van der Waals surface area contributed by atoms with Crippen LogP contribution in [0.2, 0.25) is 0 Å². The van der Waals surface area contributed by atoms with Crippen LogP contribution >= 0.6 is 0 Å². The zero-order valence-corrected chi connectivity index (χ0v) is 23.2. The second kappa shape index (κ2) is 10.3. The minimum atomic E-state index is -2.88. The number of anilines is 3. The van der Waals surface area contributed by atoms with Crippen LogP contribution < -0.4 is 20.7 Å². The first-order valence-corrected chi connectivity index (χ1v) is 13.5. The van der Waals surface area contributed by atoms with Gasteiger partial charge in [-0.25, -0.2) is 4.79 Å². The van der Waals surface area contributed by atoms with E-state index in [0.717, 1.165) is 0 Å². The van der Waals surface area contributed by atoms with Gasteiger partial charge in [-0.1, -0.05) is 18.2 Å². The van der Waals surface area contributed by atoms with Gasteiger partial charge in [0.2, 0.25) is 5.89 Å². The molecule has 11 nitrogen and oxygen atoms in total. The third kappa shape index (κ3) is 4.99. The normalized spacial score (nSPS) is 18.3. The summed E-state index contributed by atoms with van der Waals surface area (Å²) >= 11 is 0. The second-order valence-corrected chi connectivity index (χ2v) is 11.4. The maximum Gasteiger partial charge on any atom is 0.410 e. The Labute approximate surface area is 239 Å². The van der Waals surface area contributed by atoms with Crippen molar-refractivity contribution in [2.24, 2.45) is 0 Å². The maximum absolute atomic E-state index is 13.1. The third-order valence-corrected chi connectivity index (χ3v) is 7.37. The first-order chi connectivity index (χ1) is 20.0. The number of rotatable bonds is 7. The molecule has 2 aliphatic heterocycles. The predicted molar refractivity (Wildman–Crippen MR) is 149 cm³/mol. The Kier molecular flexibility index (Phi) is 6.74. The highest BCUT2D eigenvalue weighted by atomic mass is 19.3. The molecule has 2 aliphatic rings. The molecule has 6 rings (SSSR count). The summed E-state index contributed by atoms with van der Waals surface area (Å²) in [4.78, 5) is 48.6. The second-order valence-electron chi connectivity index (χ2n) is 11.4. The summed E-state index contributed by atoms with van der Waals surface area (Å²) in [5.41, 5.74) is 0.437. The number of pyridine rings is 1. The Balaban J connectivity index is 1.26. The Morgan fingerprint density at radius 3 is 2.43 bits per heavy atom. The van der Waals surface area contributed by atoms with Gasteiger partial charge >= 0.3 is 12.5 Å². The molecule has 2 aromatic heterocycles. The summed E-state index contributed by atoms with van der Waals surface area (Å²) in [5.74, 6) is -0.861. The third-order valence-electron chi connectivity index (χ3n) is 7.37. The molecule has 0 N–H and O–H groups in total. The first kappa shape index (κ1) is 27.5. The highest BCUT2D eigenvalue weighted by Crippen LogP contribution is 2.40. The molecular weight excluding hydrogens is 550 g/mol. The van der Waals surface area contributed by atoms with E-state index in [1.807, 2.05) is 56.0 Å². The lowest BCUT2D eigenvalue weighted by Crippen LogP contribution is -2.54. The van der Waals surface area contributed by atoms with Gasteiger partial charge in [0.1, 0.15) is 17.0 Å². The van der Waals surface area contributed by atoms with Gasteiger partial charge in [0.15, 0.2) is 0 Å². The number of aromatic nitrogens is 3. The molecule has 2 aromatic carbocycles. The minimum Gasteiger partial charge on any atom is -0.444 e. The number of alkyl halides is 2. The number of fused-ring (bicyclic) bond motifs is 2. The molecule has 13 heteroatoms. The monoisotopic (exact) mass is 578 g/mol. The molecule has 4 heterocycles. The van der Waals surface area contributed by atoms with Gasteiger partial charge in [0, 0.05) is 31.0 Å². The van der Waals surface area contributed by atoms with Gasteiger partial charge in [0.25, 0.3) is 16.7 Å². The molecule has 42 heavy (non-hydrogen) atoms. The largest absolute Gasteiger partial charge is 0.444 e. The van der Waals surface area contributed by atoms with E-state index in [1.54, 1.807) is 21.9 Å². The number of carbonyl (C=O) groups excluding carboxylic acids is 1. The van der Waals surface area contributed by atoms with Crippen molar-refractivity contribution >= 4 is 23.2 Å². The Morgan fingerprint density at radius 2 is 1.83 bits per heavy atom. The van der Waals surface area contributed by atoms with Crippen molar-refractivity contribution in [2.45, 2.75) is 57.8 Å². The van der Waals surface area contributed by atoms with Crippen molar-refractivity contribution in [3.63, 3.8) is 0 Å². The van der Waals surface area contributed by atoms with Crippen molar-refractivity contribution in [3.8, 4) is 11.5 Å². The van der Waals surface area contributed by atoms with Crippen molar-refractivity contribution < 1.29 is 22.7 Å². The Hall–Kier alpha value is -4.68. The van der Waals surface area contributed by atoms with Crippen LogP contribution in [0.1, 0.15) is 45.2 Å². The van der Waals surface area contributed by atoms with Crippen molar-refractivity contribution in [1.29, 1.82) is 0 Å². The number of hydrogen-bond donors (Lipinski definition) is 0. The fourth-order valence-corrected chi connectivity index (χ4v) is 5.52. The average molecular weight is 579 g/mol. The number of likely N-dealkylation sites (tertiary alicyclic amines) is 1. The van der Waals surface area contributed by atoms with E-state index in [2.05, 4.69) is 15.2 Å². The molecule has 2 atom stereocenters. The smallest absolute Gasteiger partial charge is 0.410 e. The molecule has 4 aromatic rings. The summed E-state index contributed by atoms with van der Waals surface area (Å²) in [7, 11) is 0. The van der Waals surface area contributed by atoms with Crippen molar-refractivity contribution in [1.82, 2.24) is 20.1 Å². The van der Waals surface area contributed by atoms with E-state index in [0.29, 0.717) is 42.1 Å². The number of piperazine rings is 1. The molecule has 0 spiro atoms. The minimum absolute atomic E-state index is 0.0847. The first-order valence-electron chi connectivity index (χ1n) is 13.5. The van der Waals surface area contributed by atoms with Gasteiger partial charge in [0.05, 0.1) is 23.8 Å². The van der Waals surface area contributed by atoms with E-state index in [9.17, 15) is 23.2 Å². The van der Waals surface area contributed by atoms with Crippen LogP contribution in [0, 0.1) is 0 Å². The number of amides is 1. The summed E-state index contributed by atoms with van der Waals surface area (Å²) < 4.78 is 36.2. The lowest BCUT2D eigenvalue weighted by Gasteiger charge is -2.38. The molecule has 0 aliphatic carbocycles. The van der Waals surface area contributed by atoms with E-state index in [1.165, 1.54) is 6.20 Å². The highest BCUT2D eigenvalue weighted by molar-refractivity contribution is 5.82. The fourth-order valence-electron chi connectivity index (χ4n) is 5.52. The number of benzene rings is 1. The zero-order valence-electron chi connectivity index (χ0n) is 23.2. The van der Waals surface area contributed by atoms with Gasteiger partial charge in [-0.2, -0.15) is 8.78 Å². The number of halogens is 2.